The van der Waals surface area contributed by atoms with E-state index in [0.717, 1.165) is 37.0 Å². The minimum Gasteiger partial charge on any atom is -0.478 e. The van der Waals surface area contributed by atoms with Crippen molar-refractivity contribution in [3.8, 4) is 0 Å². The van der Waals surface area contributed by atoms with Gasteiger partial charge in [-0.3, -0.25) is 24.5 Å². The van der Waals surface area contributed by atoms with Crippen molar-refractivity contribution < 1.29 is 29.1 Å². The molecular formula is C27H30N4O6. The molecule has 0 aliphatic carbocycles. The van der Waals surface area contributed by atoms with Crippen molar-refractivity contribution in [1.82, 2.24) is 10.6 Å². The SMILES string of the molecule is CCCCCCNc1ccc(N2C(=O)c3ccc(C(=O)O)cc3C2=O)cc1C(=O)NC(=O)[C@@H]1CCCN1. The van der Waals surface area contributed by atoms with E-state index in [9.17, 15) is 29.1 Å². The Morgan fingerprint density at radius 1 is 1.03 bits per heavy atom. The Kier molecular flexibility index (Phi) is 7.98. The van der Waals surface area contributed by atoms with Crippen molar-refractivity contribution in [2.24, 2.45) is 0 Å². The molecule has 4 rings (SSSR count). The first-order valence-electron chi connectivity index (χ1n) is 12.5. The fourth-order valence-corrected chi connectivity index (χ4v) is 4.57. The average molecular weight is 507 g/mol. The molecule has 2 aromatic carbocycles. The molecule has 0 radical (unpaired) electrons. The van der Waals surface area contributed by atoms with Crippen molar-refractivity contribution in [3.63, 3.8) is 0 Å². The van der Waals surface area contributed by atoms with Crippen LogP contribution in [0.25, 0.3) is 0 Å². The standard InChI is InChI=1S/C27H30N4O6/c1-2-3-4-5-12-28-21-11-9-17(15-20(21)23(32)30-24(33)22-7-6-13-29-22)31-25(34)18-10-8-16(27(36)37)14-19(18)26(31)35/h8-11,14-15,22,28-29H,2-7,12-13H2,1H3,(H,36,37)(H,30,32,33)/t22-/m0/s1. The number of hydrogen-bond acceptors (Lipinski definition) is 7. The molecule has 1 atom stereocenters. The first-order chi connectivity index (χ1) is 17.8. The van der Waals surface area contributed by atoms with E-state index in [1.165, 1.54) is 24.3 Å². The van der Waals surface area contributed by atoms with Crippen LogP contribution in [0, 0.1) is 0 Å². The van der Waals surface area contributed by atoms with E-state index in [0.29, 0.717) is 25.2 Å². The first-order valence-corrected chi connectivity index (χ1v) is 12.5. The summed E-state index contributed by atoms with van der Waals surface area (Å²) in [5.74, 6) is -3.57. The predicted octanol–water partition coefficient (Wildman–Crippen LogP) is 3.19. The van der Waals surface area contributed by atoms with E-state index < -0.39 is 35.6 Å². The molecule has 0 spiro atoms. The van der Waals surface area contributed by atoms with Crippen molar-refractivity contribution in [1.29, 1.82) is 0 Å². The topological polar surface area (TPSA) is 145 Å². The lowest BCUT2D eigenvalue weighted by atomic mass is 10.1. The quantitative estimate of drug-likeness (QED) is 0.284. The van der Waals surface area contributed by atoms with Gasteiger partial charge in [-0.25, -0.2) is 9.69 Å². The smallest absolute Gasteiger partial charge is 0.335 e. The molecule has 2 aromatic rings. The van der Waals surface area contributed by atoms with Crippen LogP contribution in [0.1, 0.15) is 86.9 Å². The number of hydrogen-bond donors (Lipinski definition) is 4. The first kappa shape index (κ1) is 26.0. The fraction of sp³-hybridized carbons (Fsp3) is 0.370. The number of nitrogens with zero attached hydrogens (tertiary/aromatic N) is 1. The van der Waals surface area contributed by atoms with Gasteiger partial charge in [0.1, 0.15) is 0 Å². The molecule has 194 valence electrons. The van der Waals surface area contributed by atoms with Gasteiger partial charge >= 0.3 is 5.97 Å². The van der Waals surface area contributed by atoms with Crippen molar-refractivity contribution in [3.05, 3.63) is 58.7 Å². The summed E-state index contributed by atoms with van der Waals surface area (Å²) in [6.45, 7) is 3.44. The summed E-state index contributed by atoms with van der Waals surface area (Å²) in [5, 5.41) is 18.0. The minimum absolute atomic E-state index is 0.0171. The van der Waals surface area contributed by atoms with Crippen LogP contribution in [0.4, 0.5) is 11.4 Å². The lowest BCUT2D eigenvalue weighted by Gasteiger charge is -2.18. The molecule has 1 fully saturated rings. The number of aromatic carboxylic acids is 1. The zero-order chi connectivity index (χ0) is 26.5. The number of carbonyl (C=O) groups is 5. The third kappa shape index (κ3) is 5.54. The lowest BCUT2D eigenvalue weighted by molar-refractivity contribution is -0.121. The Hall–Kier alpha value is -4.05. The van der Waals surface area contributed by atoms with Crippen LogP contribution in [0.5, 0.6) is 0 Å². The molecule has 0 saturated carbocycles. The van der Waals surface area contributed by atoms with Crippen LogP contribution in [0.2, 0.25) is 0 Å². The molecule has 0 unspecified atom stereocenters. The second-order valence-electron chi connectivity index (χ2n) is 9.20. The summed E-state index contributed by atoms with van der Waals surface area (Å²) in [7, 11) is 0. The Labute approximate surface area is 214 Å². The highest BCUT2D eigenvalue weighted by atomic mass is 16.4. The van der Waals surface area contributed by atoms with Crippen LogP contribution in [-0.2, 0) is 4.79 Å². The van der Waals surface area contributed by atoms with Crippen molar-refractivity contribution >= 4 is 41.0 Å². The maximum absolute atomic E-state index is 13.2. The van der Waals surface area contributed by atoms with Crippen LogP contribution in [0.3, 0.4) is 0 Å². The van der Waals surface area contributed by atoms with Gasteiger partial charge < -0.3 is 15.7 Å². The van der Waals surface area contributed by atoms with Crippen LogP contribution >= 0.6 is 0 Å². The maximum Gasteiger partial charge on any atom is 0.335 e. The summed E-state index contributed by atoms with van der Waals surface area (Å²) in [5.41, 5.74) is 0.717. The zero-order valence-electron chi connectivity index (χ0n) is 20.6. The van der Waals surface area contributed by atoms with Gasteiger partial charge in [0.15, 0.2) is 0 Å². The third-order valence-corrected chi connectivity index (χ3v) is 6.60. The summed E-state index contributed by atoms with van der Waals surface area (Å²) < 4.78 is 0. The molecule has 0 bridgehead atoms. The summed E-state index contributed by atoms with van der Waals surface area (Å²) in [6, 6.07) is 7.86. The number of carboxylic acids is 1. The number of carboxylic acid groups (broad SMARTS) is 1. The van der Waals surface area contributed by atoms with Gasteiger partial charge in [0.25, 0.3) is 17.7 Å². The number of fused-ring (bicyclic) bond motifs is 1. The Bertz CT molecular complexity index is 1250. The van der Waals surface area contributed by atoms with E-state index in [-0.39, 0.29) is 27.9 Å². The maximum atomic E-state index is 13.2. The molecule has 0 aromatic heterocycles. The monoisotopic (exact) mass is 506 g/mol. The normalized spacial score (nSPS) is 16.6. The highest BCUT2D eigenvalue weighted by Crippen LogP contribution is 2.32. The highest BCUT2D eigenvalue weighted by Gasteiger charge is 2.38. The van der Waals surface area contributed by atoms with E-state index in [1.807, 2.05) is 0 Å². The molecule has 10 heteroatoms. The van der Waals surface area contributed by atoms with Gasteiger partial charge in [-0.05, 0) is 62.2 Å². The number of unbranched alkanes of at least 4 members (excludes halogenated alkanes) is 3. The number of amides is 4. The van der Waals surface area contributed by atoms with Crippen LogP contribution < -0.4 is 20.9 Å². The van der Waals surface area contributed by atoms with Gasteiger partial charge in [0.2, 0.25) is 5.91 Å². The Morgan fingerprint density at radius 2 is 1.81 bits per heavy atom. The zero-order valence-corrected chi connectivity index (χ0v) is 20.6. The van der Waals surface area contributed by atoms with Gasteiger partial charge in [0.05, 0.1) is 34.0 Å². The number of rotatable bonds is 10. The molecule has 1 saturated heterocycles. The summed E-state index contributed by atoms with van der Waals surface area (Å²) in [4.78, 5) is 64.2. The van der Waals surface area contributed by atoms with Crippen LogP contribution in [0.15, 0.2) is 36.4 Å². The lowest BCUT2D eigenvalue weighted by Crippen LogP contribution is -2.43. The number of anilines is 2. The van der Waals surface area contributed by atoms with Crippen molar-refractivity contribution in [2.45, 2.75) is 51.5 Å². The van der Waals surface area contributed by atoms with Crippen LogP contribution in [-0.4, -0.2) is 53.8 Å². The van der Waals surface area contributed by atoms with Gasteiger partial charge in [0, 0.05) is 12.2 Å². The Balaban J connectivity index is 1.62. The van der Waals surface area contributed by atoms with Gasteiger partial charge in [-0.1, -0.05) is 26.2 Å². The number of carbonyl (C=O) groups excluding carboxylic acids is 4. The average Bonchev–Trinajstić information content (AvgIpc) is 3.51. The molecule has 4 amide bonds. The summed E-state index contributed by atoms with van der Waals surface area (Å²) in [6.07, 6.45) is 5.59. The number of nitrogens with one attached hydrogen (secondary N) is 3. The molecule has 2 heterocycles. The molecule has 4 N–H and O–H groups in total. The molecule has 37 heavy (non-hydrogen) atoms. The van der Waals surface area contributed by atoms with E-state index in [1.54, 1.807) is 12.1 Å². The van der Waals surface area contributed by atoms with Gasteiger partial charge in [-0.15, -0.1) is 0 Å². The third-order valence-electron chi connectivity index (χ3n) is 6.60. The summed E-state index contributed by atoms with van der Waals surface area (Å²) >= 11 is 0. The second kappa shape index (κ2) is 11.3. The number of imide groups is 2. The van der Waals surface area contributed by atoms with Gasteiger partial charge in [-0.2, -0.15) is 0 Å². The highest BCUT2D eigenvalue weighted by molar-refractivity contribution is 6.35. The molecule has 10 nitrogen and oxygen atoms in total. The molecular weight excluding hydrogens is 476 g/mol. The van der Waals surface area contributed by atoms with E-state index in [4.69, 9.17) is 0 Å². The van der Waals surface area contributed by atoms with Crippen molar-refractivity contribution in [2.75, 3.05) is 23.3 Å². The Morgan fingerprint density at radius 3 is 2.51 bits per heavy atom. The van der Waals surface area contributed by atoms with E-state index in [2.05, 4.69) is 22.9 Å². The largest absolute Gasteiger partial charge is 0.478 e. The second-order valence-corrected chi connectivity index (χ2v) is 9.20. The van der Waals surface area contributed by atoms with E-state index >= 15 is 0 Å². The fourth-order valence-electron chi connectivity index (χ4n) is 4.57. The molecule has 2 aliphatic heterocycles. The molecule has 2 aliphatic rings. The predicted molar refractivity (Wildman–Crippen MR) is 137 cm³/mol. The minimum atomic E-state index is -1.21. The number of benzene rings is 2.